The van der Waals surface area contributed by atoms with Crippen molar-refractivity contribution in [1.82, 2.24) is 4.98 Å². The molecule has 1 aromatic heterocycles. The quantitative estimate of drug-likeness (QED) is 0.652. The van der Waals surface area contributed by atoms with Gasteiger partial charge in [0.2, 0.25) is 0 Å². The highest BCUT2D eigenvalue weighted by Crippen LogP contribution is 2.21. The topological polar surface area (TPSA) is 99.9 Å². The van der Waals surface area contributed by atoms with Crippen LogP contribution in [0.5, 0.6) is 5.75 Å². The molecule has 1 aromatic rings. The van der Waals surface area contributed by atoms with E-state index in [0.717, 1.165) is 0 Å². The van der Waals surface area contributed by atoms with Crippen LogP contribution in [0.15, 0.2) is 18.5 Å². The summed E-state index contributed by atoms with van der Waals surface area (Å²) >= 11 is 0. The van der Waals surface area contributed by atoms with Gasteiger partial charge in [0.1, 0.15) is 11.9 Å². The smallest absolute Gasteiger partial charge is 0.306 e. The molecule has 0 aliphatic rings. The molecule has 0 fully saturated rings. The fourth-order valence-corrected chi connectivity index (χ4v) is 1.22. The van der Waals surface area contributed by atoms with Crippen molar-refractivity contribution in [1.29, 1.82) is 0 Å². The molecule has 2 unspecified atom stereocenters. The number of hydrogen-bond acceptors (Lipinski definition) is 5. The first kappa shape index (κ1) is 12.4. The van der Waals surface area contributed by atoms with Gasteiger partial charge in [0.25, 0.3) is 0 Å². The van der Waals surface area contributed by atoms with Crippen molar-refractivity contribution in [2.24, 2.45) is 0 Å². The van der Waals surface area contributed by atoms with Gasteiger partial charge in [-0.1, -0.05) is 0 Å². The zero-order valence-corrected chi connectivity index (χ0v) is 8.70. The summed E-state index contributed by atoms with van der Waals surface area (Å²) < 4.78 is 4.89. The van der Waals surface area contributed by atoms with Gasteiger partial charge in [-0.15, -0.1) is 0 Å². The van der Waals surface area contributed by atoms with E-state index in [9.17, 15) is 15.0 Å². The van der Waals surface area contributed by atoms with E-state index in [4.69, 9.17) is 9.84 Å². The highest BCUT2D eigenvalue weighted by Gasteiger charge is 2.21. The Balaban J connectivity index is 2.78. The molecule has 1 rings (SSSR count). The van der Waals surface area contributed by atoms with Crippen molar-refractivity contribution >= 4 is 5.97 Å². The maximum atomic E-state index is 10.4. The number of rotatable bonds is 5. The Kier molecular flexibility index (Phi) is 4.21. The highest BCUT2D eigenvalue weighted by atomic mass is 16.5. The zero-order chi connectivity index (χ0) is 12.1. The number of carboxylic acid groups (broad SMARTS) is 1. The molecule has 0 saturated heterocycles. The third kappa shape index (κ3) is 3.18. The average Bonchev–Trinajstić information content (AvgIpc) is 2.27. The summed E-state index contributed by atoms with van der Waals surface area (Å²) in [6, 6.07) is 1.49. The molecule has 6 heteroatoms. The lowest BCUT2D eigenvalue weighted by Gasteiger charge is -2.16. The van der Waals surface area contributed by atoms with Crippen LogP contribution in [0, 0.1) is 0 Å². The summed E-state index contributed by atoms with van der Waals surface area (Å²) in [5.41, 5.74) is 0.313. The number of methoxy groups -OCH3 is 1. The second kappa shape index (κ2) is 5.43. The van der Waals surface area contributed by atoms with Gasteiger partial charge in [0.05, 0.1) is 25.8 Å². The van der Waals surface area contributed by atoms with Crippen molar-refractivity contribution < 1.29 is 24.9 Å². The zero-order valence-electron chi connectivity index (χ0n) is 8.70. The Morgan fingerprint density at radius 3 is 2.75 bits per heavy atom. The van der Waals surface area contributed by atoms with Crippen LogP contribution in [0.3, 0.4) is 0 Å². The average molecular weight is 227 g/mol. The minimum absolute atomic E-state index is 0.313. The largest absolute Gasteiger partial charge is 0.495 e. The predicted molar refractivity (Wildman–Crippen MR) is 54.0 cm³/mol. The molecule has 1 heterocycles. The van der Waals surface area contributed by atoms with E-state index in [-0.39, 0.29) is 0 Å². The number of hydrogen-bond donors (Lipinski definition) is 3. The monoisotopic (exact) mass is 227 g/mol. The van der Waals surface area contributed by atoms with Crippen LogP contribution in [0.4, 0.5) is 0 Å². The van der Waals surface area contributed by atoms with Gasteiger partial charge >= 0.3 is 5.97 Å². The van der Waals surface area contributed by atoms with Crippen LogP contribution < -0.4 is 4.74 Å². The highest BCUT2D eigenvalue weighted by molar-refractivity contribution is 5.67. The maximum Gasteiger partial charge on any atom is 0.306 e. The molecule has 0 amide bonds. The lowest BCUT2D eigenvalue weighted by atomic mass is 10.0. The third-order valence-electron chi connectivity index (χ3n) is 2.06. The summed E-state index contributed by atoms with van der Waals surface area (Å²) in [6.07, 6.45) is -0.402. The van der Waals surface area contributed by atoms with Crippen LogP contribution in [-0.4, -0.2) is 39.5 Å². The maximum absolute atomic E-state index is 10.4. The van der Waals surface area contributed by atoms with Gasteiger partial charge in [-0.2, -0.15) is 0 Å². The SMILES string of the molecule is COc1cncc(C(O)C(O)CC(=O)O)c1. The van der Waals surface area contributed by atoms with Crippen LogP contribution in [-0.2, 0) is 4.79 Å². The second-order valence-corrected chi connectivity index (χ2v) is 3.27. The van der Waals surface area contributed by atoms with E-state index in [1.807, 2.05) is 0 Å². The van der Waals surface area contributed by atoms with Crippen molar-refractivity contribution in [3.8, 4) is 5.75 Å². The minimum atomic E-state index is -1.37. The third-order valence-corrected chi connectivity index (χ3v) is 2.06. The first-order valence-electron chi connectivity index (χ1n) is 4.61. The number of aromatic nitrogens is 1. The predicted octanol–water partition coefficient (Wildman–Crippen LogP) is -0.0408. The molecule has 2 atom stereocenters. The molecule has 0 spiro atoms. The van der Waals surface area contributed by atoms with Gasteiger partial charge in [-0.3, -0.25) is 9.78 Å². The summed E-state index contributed by atoms with van der Waals surface area (Å²) in [5, 5.41) is 27.5. The lowest BCUT2D eigenvalue weighted by molar-refractivity contribution is -0.141. The first-order chi connectivity index (χ1) is 7.54. The Morgan fingerprint density at radius 2 is 2.19 bits per heavy atom. The summed E-state index contributed by atoms with van der Waals surface area (Å²) in [6.45, 7) is 0. The molecule has 16 heavy (non-hydrogen) atoms. The molecular weight excluding hydrogens is 214 g/mol. The number of carbonyl (C=O) groups is 1. The molecule has 0 aromatic carbocycles. The van der Waals surface area contributed by atoms with Gasteiger partial charge in [-0.05, 0) is 6.07 Å². The molecule has 0 saturated carbocycles. The Morgan fingerprint density at radius 1 is 1.50 bits per heavy atom. The van der Waals surface area contributed by atoms with Crippen molar-refractivity contribution in [3.63, 3.8) is 0 Å². The number of aliphatic hydroxyl groups is 2. The van der Waals surface area contributed by atoms with Crippen LogP contribution >= 0.6 is 0 Å². The van der Waals surface area contributed by atoms with E-state index in [1.54, 1.807) is 0 Å². The molecule has 6 nitrogen and oxygen atoms in total. The normalized spacial score (nSPS) is 14.2. The Labute approximate surface area is 92.1 Å². The van der Waals surface area contributed by atoms with Gasteiger partial charge in [0.15, 0.2) is 0 Å². The number of ether oxygens (including phenoxy) is 1. The fourth-order valence-electron chi connectivity index (χ4n) is 1.22. The van der Waals surface area contributed by atoms with Gasteiger partial charge in [0, 0.05) is 11.8 Å². The van der Waals surface area contributed by atoms with Crippen molar-refractivity contribution in [2.75, 3.05) is 7.11 Å². The number of pyridine rings is 1. The van der Waals surface area contributed by atoms with Gasteiger partial charge < -0.3 is 20.1 Å². The minimum Gasteiger partial charge on any atom is -0.495 e. The molecule has 0 radical (unpaired) electrons. The van der Waals surface area contributed by atoms with Gasteiger partial charge in [-0.25, -0.2) is 0 Å². The number of aliphatic hydroxyl groups excluding tert-OH is 2. The van der Waals surface area contributed by atoms with Crippen molar-refractivity contribution in [2.45, 2.75) is 18.6 Å². The summed E-state index contributed by atoms with van der Waals surface area (Å²) in [5.74, 6) is -0.749. The summed E-state index contributed by atoms with van der Waals surface area (Å²) in [7, 11) is 1.45. The molecule has 0 aliphatic carbocycles. The molecular formula is C10H13NO5. The fraction of sp³-hybridized carbons (Fsp3) is 0.400. The van der Waals surface area contributed by atoms with Crippen LogP contribution in [0.1, 0.15) is 18.1 Å². The summed E-state index contributed by atoms with van der Waals surface area (Å²) in [4.78, 5) is 14.2. The van der Waals surface area contributed by atoms with E-state index < -0.39 is 24.6 Å². The molecule has 0 bridgehead atoms. The van der Waals surface area contributed by atoms with Crippen LogP contribution in [0.25, 0.3) is 0 Å². The number of nitrogens with zero attached hydrogens (tertiary/aromatic N) is 1. The van der Waals surface area contributed by atoms with E-state index in [0.29, 0.717) is 11.3 Å². The molecule has 0 aliphatic heterocycles. The van der Waals surface area contributed by atoms with E-state index in [2.05, 4.69) is 4.98 Å². The lowest BCUT2D eigenvalue weighted by Crippen LogP contribution is -2.21. The molecule has 88 valence electrons. The Bertz CT molecular complexity index is 368. The van der Waals surface area contributed by atoms with E-state index >= 15 is 0 Å². The van der Waals surface area contributed by atoms with E-state index in [1.165, 1.54) is 25.6 Å². The number of carboxylic acids is 1. The second-order valence-electron chi connectivity index (χ2n) is 3.27. The van der Waals surface area contributed by atoms with Crippen LogP contribution in [0.2, 0.25) is 0 Å². The first-order valence-corrected chi connectivity index (χ1v) is 4.61. The standard InChI is InChI=1S/C10H13NO5/c1-16-7-2-6(4-11-5-7)10(15)8(12)3-9(13)14/h2,4-5,8,10,12,15H,3H2,1H3,(H,13,14). The number of aliphatic carboxylic acids is 1. The Hall–Kier alpha value is -1.66. The van der Waals surface area contributed by atoms with Crippen molar-refractivity contribution in [3.05, 3.63) is 24.0 Å². The molecule has 3 N–H and O–H groups in total.